The molecule has 0 aliphatic carbocycles. The molecule has 88 valence electrons. The maximum absolute atomic E-state index is 9.69. The molecule has 0 saturated carbocycles. The molecule has 0 rings (SSSR count). The van der Waals surface area contributed by atoms with E-state index in [2.05, 4.69) is 8.37 Å². The molecular formula is C2H6F2O8S2. The fraction of sp³-hybridized carbons (Fsp3) is 1.00. The molecule has 2 N–H and O–H groups in total. The minimum absolute atomic E-state index is 1.31. The van der Waals surface area contributed by atoms with Gasteiger partial charge in [-0.1, -0.05) is 0 Å². The second kappa shape index (κ2) is 6.97. The summed E-state index contributed by atoms with van der Waals surface area (Å²) in [5.74, 6) is 0. The van der Waals surface area contributed by atoms with Crippen LogP contribution in [0.3, 0.4) is 0 Å². The van der Waals surface area contributed by atoms with Gasteiger partial charge in [0, 0.05) is 0 Å². The zero-order valence-corrected chi connectivity index (χ0v) is 7.96. The summed E-state index contributed by atoms with van der Waals surface area (Å²) in [4.78, 5) is 0. The summed E-state index contributed by atoms with van der Waals surface area (Å²) in [6, 6.07) is 0. The van der Waals surface area contributed by atoms with Gasteiger partial charge in [-0.05, 0) is 0 Å². The van der Waals surface area contributed by atoms with Gasteiger partial charge < -0.3 is 0 Å². The van der Waals surface area contributed by atoms with E-state index in [0.29, 0.717) is 0 Å². The Balaban J connectivity index is 0. The molecule has 0 unspecified atom stereocenters. The van der Waals surface area contributed by atoms with E-state index < -0.39 is 34.5 Å². The van der Waals surface area contributed by atoms with E-state index in [9.17, 15) is 25.6 Å². The Kier molecular flexibility index (Phi) is 7.98. The summed E-state index contributed by atoms with van der Waals surface area (Å²) in [6.07, 6.45) is 0. The molecule has 8 nitrogen and oxygen atoms in total. The van der Waals surface area contributed by atoms with Crippen LogP contribution in [0, 0.1) is 0 Å². The molecule has 0 spiro atoms. The van der Waals surface area contributed by atoms with E-state index in [-0.39, 0.29) is 0 Å². The maximum Gasteiger partial charge on any atom is 0.399 e. The third-order valence-electron chi connectivity index (χ3n) is 0.394. The first-order chi connectivity index (χ1) is 6.12. The van der Waals surface area contributed by atoms with Crippen LogP contribution in [0.4, 0.5) is 8.78 Å². The van der Waals surface area contributed by atoms with E-state index in [4.69, 9.17) is 9.11 Å². The summed E-state index contributed by atoms with van der Waals surface area (Å²) >= 11 is 0. The van der Waals surface area contributed by atoms with Crippen molar-refractivity contribution in [2.75, 3.05) is 13.7 Å². The summed E-state index contributed by atoms with van der Waals surface area (Å²) < 4.78 is 80.4. The highest BCUT2D eigenvalue weighted by atomic mass is 32.3. The molecule has 0 heterocycles. The van der Waals surface area contributed by atoms with E-state index in [1.807, 2.05) is 0 Å². The van der Waals surface area contributed by atoms with Crippen molar-refractivity contribution in [1.29, 1.82) is 0 Å². The van der Waals surface area contributed by atoms with Gasteiger partial charge in [0.25, 0.3) is 0 Å². The molecule has 0 aliphatic heterocycles. The van der Waals surface area contributed by atoms with Crippen molar-refractivity contribution in [2.24, 2.45) is 0 Å². The van der Waals surface area contributed by atoms with Gasteiger partial charge in [-0.2, -0.15) is 16.8 Å². The van der Waals surface area contributed by atoms with Gasteiger partial charge in [0.2, 0.25) is 6.93 Å². The smallest absolute Gasteiger partial charge is 0.263 e. The van der Waals surface area contributed by atoms with Crippen molar-refractivity contribution in [3.8, 4) is 0 Å². The number of hydrogen-bond acceptors (Lipinski definition) is 6. The molecule has 0 bridgehead atoms. The zero-order chi connectivity index (χ0) is 11.8. The highest BCUT2D eigenvalue weighted by molar-refractivity contribution is 7.81. The van der Waals surface area contributed by atoms with E-state index >= 15 is 0 Å². The Morgan fingerprint density at radius 2 is 1.14 bits per heavy atom. The van der Waals surface area contributed by atoms with Crippen LogP contribution in [0.1, 0.15) is 0 Å². The van der Waals surface area contributed by atoms with E-state index in [0.717, 1.165) is 0 Å². The second-order valence-corrected chi connectivity index (χ2v) is 3.49. The molecule has 0 aromatic carbocycles. The van der Waals surface area contributed by atoms with Gasteiger partial charge in [-0.25, -0.2) is 17.1 Å². The van der Waals surface area contributed by atoms with Gasteiger partial charge in [0.15, 0.2) is 6.79 Å². The fourth-order valence-electron chi connectivity index (χ4n) is 0.141. The van der Waals surface area contributed by atoms with Crippen molar-refractivity contribution < 1.29 is 43.1 Å². The van der Waals surface area contributed by atoms with Crippen LogP contribution in [0.25, 0.3) is 0 Å². The van der Waals surface area contributed by atoms with Crippen molar-refractivity contribution in [3.63, 3.8) is 0 Å². The molecule has 0 saturated heterocycles. The third-order valence-corrected chi connectivity index (χ3v) is 1.18. The van der Waals surface area contributed by atoms with Crippen molar-refractivity contribution in [3.05, 3.63) is 0 Å². The average molecular weight is 260 g/mol. The third kappa shape index (κ3) is 22.6. The van der Waals surface area contributed by atoms with Gasteiger partial charge in [0.1, 0.15) is 0 Å². The summed E-state index contributed by atoms with van der Waals surface area (Å²) in [6.45, 7) is -3.06. The molecule has 14 heavy (non-hydrogen) atoms. The molecule has 0 radical (unpaired) electrons. The van der Waals surface area contributed by atoms with Crippen LogP contribution in [0.15, 0.2) is 0 Å². The van der Waals surface area contributed by atoms with Crippen LogP contribution in [-0.2, 0) is 29.2 Å². The second-order valence-electron chi connectivity index (χ2n) is 1.31. The van der Waals surface area contributed by atoms with Crippen molar-refractivity contribution in [2.45, 2.75) is 0 Å². The molecule has 0 aliphatic rings. The van der Waals surface area contributed by atoms with E-state index in [1.54, 1.807) is 0 Å². The van der Waals surface area contributed by atoms with Crippen molar-refractivity contribution in [1.82, 2.24) is 0 Å². The lowest BCUT2D eigenvalue weighted by atomic mass is 11.6. The first-order valence-corrected chi connectivity index (χ1v) is 5.21. The summed E-state index contributed by atoms with van der Waals surface area (Å²) in [7, 11) is -9.49. The normalized spacial score (nSPS) is 11.7. The molecule has 0 amide bonds. The van der Waals surface area contributed by atoms with Crippen LogP contribution in [0.5, 0.6) is 0 Å². The molecule has 12 heteroatoms. The number of rotatable bonds is 4. The zero-order valence-electron chi connectivity index (χ0n) is 6.33. The van der Waals surface area contributed by atoms with Gasteiger partial charge >= 0.3 is 20.8 Å². The predicted octanol–water partition coefficient (Wildman–Crippen LogP) is -0.534. The minimum atomic E-state index is -4.75. The summed E-state index contributed by atoms with van der Waals surface area (Å²) in [5.41, 5.74) is 0. The Morgan fingerprint density at radius 1 is 0.929 bits per heavy atom. The standard InChI is InChI=1S/CH2F2.CH4O8S2/c2-1-3;2-10(3,4)8-1-9-11(5,6)7/h1H2;1H2,(H,2,3,4)(H,5,6,7). The quantitative estimate of drug-likeness (QED) is 0.509. The monoisotopic (exact) mass is 260 g/mol. The lowest BCUT2D eigenvalue weighted by Crippen LogP contribution is -2.11. The molecular weight excluding hydrogens is 254 g/mol. The van der Waals surface area contributed by atoms with Gasteiger partial charge in [0.05, 0.1) is 0 Å². The largest absolute Gasteiger partial charge is 0.399 e. The first kappa shape index (κ1) is 16.0. The first-order valence-electron chi connectivity index (χ1n) is 2.48. The lowest BCUT2D eigenvalue weighted by molar-refractivity contribution is 0.105. The van der Waals surface area contributed by atoms with Gasteiger partial charge in [-0.3, -0.25) is 9.11 Å². The molecule has 0 aromatic rings. The van der Waals surface area contributed by atoms with Crippen LogP contribution >= 0.6 is 0 Å². The highest BCUT2D eigenvalue weighted by Crippen LogP contribution is 1.90. The number of alkyl halides is 2. The average Bonchev–Trinajstić information content (AvgIpc) is 1.81. The Hall–Kier alpha value is -0.400. The fourth-order valence-corrected chi connectivity index (χ4v) is 0.542. The number of hydrogen-bond donors (Lipinski definition) is 2. The maximum atomic E-state index is 9.69. The van der Waals surface area contributed by atoms with Crippen molar-refractivity contribution >= 4 is 20.8 Å². The highest BCUT2D eigenvalue weighted by Gasteiger charge is 2.08. The topological polar surface area (TPSA) is 127 Å². The lowest BCUT2D eigenvalue weighted by Gasteiger charge is -1.96. The van der Waals surface area contributed by atoms with Crippen LogP contribution in [-0.4, -0.2) is 39.7 Å². The summed E-state index contributed by atoms with van der Waals surface area (Å²) in [5, 5.41) is 0. The Labute approximate surface area is 78.3 Å². The molecule has 0 atom stereocenters. The number of halogens is 2. The van der Waals surface area contributed by atoms with E-state index in [1.165, 1.54) is 0 Å². The minimum Gasteiger partial charge on any atom is -0.263 e. The molecule has 0 fully saturated rings. The Morgan fingerprint density at radius 3 is 1.29 bits per heavy atom. The SMILES string of the molecule is FCF.O=S(=O)(O)OCOS(=O)(=O)O. The molecule has 0 aromatic heterocycles. The van der Waals surface area contributed by atoms with Gasteiger partial charge in [-0.15, -0.1) is 0 Å². The van der Waals surface area contributed by atoms with Crippen LogP contribution < -0.4 is 0 Å². The predicted molar refractivity (Wildman–Crippen MR) is 37.2 cm³/mol. The Bertz CT molecular complexity index is 285. The van der Waals surface area contributed by atoms with Crippen LogP contribution in [0.2, 0.25) is 0 Å².